The molecule has 88 valence electrons. The van der Waals surface area contributed by atoms with Crippen molar-refractivity contribution in [3.8, 4) is 0 Å². The molecule has 16 heavy (non-hydrogen) atoms. The molecule has 0 bridgehead atoms. The zero-order valence-corrected chi connectivity index (χ0v) is 11.3. The lowest BCUT2D eigenvalue weighted by molar-refractivity contribution is 0.0134. The Morgan fingerprint density at radius 2 is 2.44 bits per heavy atom. The van der Waals surface area contributed by atoms with Gasteiger partial charge in [-0.25, -0.2) is 9.97 Å². The van der Waals surface area contributed by atoms with Gasteiger partial charge in [0, 0.05) is 19.3 Å². The van der Waals surface area contributed by atoms with Crippen LogP contribution in [0.4, 0.5) is 5.82 Å². The standard InChI is InChI=1S/C11H16IN3O/c12-10-7-13-8-15-11(10)14-5-4-9-3-1-2-6-16-9/h7-9H,1-6H2,(H,13,14,15). The van der Waals surface area contributed by atoms with Crippen LogP contribution in [0.3, 0.4) is 0 Å². The maximum absolute atomic E-state index is 5.67. The summed E-state index contributed by atoms with van der Waals surface area (Å²) in [6, 6.07) is 0. The summed E-state index contributed by atoms with van der Waals surface area (Å²) >= 11 is 2.24. The molecule has 5 heteroatoms. The van der Waals surface area contributed by atoms with E-state index in [4.69, 9.17) is 4.74 Å². The fourth-order valence-corrected chi connectivity index (χ4v) is 2.32. The Hall–Kier alpha value is -0.430. The highest BCUT2D eigenvalue weighted by Gasteiger charge is 2.13. The normalized spacial score (nSPS) is 20.7. The summed E-state index contributed by atoms with van der Waals surface area (Å²) in [4.78, 5) is 8.15. The van der Waals surface area contributed by atoms with E-state index in [-0.39, 0.29) is 0 Å². The highest BCUT2D eigenvalue weighted by atomic mass is 127. The van der Waals surface area contributed by atoms with Gasteiger partial charge in [-0.15, -0.1) is 0 Å². The van der Waals surface area contributed by atoms with Crippen molar-refractivity contribution in [2.24, 2.45) is 0 Å². The van der Waals surface area contributed by atoms with Crippen LogP contribution in [-0.4, -0.2) is 29.2 Å². The Kier molecular flexibility index (Phi) is 4.77. The van der Waals surface area contributed by atoms with Crippen molar-refractivity contribution in [3.05, 3.63) is 16.1 Å². The van der Waals surface area contributed by atoms with Crippen molar-refractivity contribution in [1.29, 1.82) is 0 Å². The van der Waals surface area contributed by atoms with E-state index < -0.39 is 0 Å². The first-order chi connectivity index (χ1) is 7.86. The van der Waals surface area contributed by atoms with Gasteiger partial charge in [-0.05, 0) is 48.3 Å². The Balaban J connectivity index is 1.73. The predicted octanol–water partition coefficient (Wildman–Crippen LogP) is 2.45. The number of nitrogens with zero attached hydrogens (tertiary/aromatic N) is 2. The number of nitrogens with one attached hydrogen (secondary N) is 1. The minimum Gasteiger partial charge on any atom is -0.378 e. The second-order valence-electron chi connectivity index (χ2n) is 3.92. The number of ether oxygens (including phenoxy) is 1. The lowest BCUT2D eigenvalue weighted by Gasteiger charge is -2.22. The Bertz CT molecular complexity index is 329. The average Bonchev–Trinajstić information content (AvgIpc) is 2.33. The van der Waals surface area contributed by atoms with Gasteiger partial charge in [0.15, 0.2) is 0 Å². The molecule has 1 unspecified atom stereocenters. The molecule has 1 N–H and O–H groups in total. The molecule has 0 aliphatic carbocycles. The molecule has 2 rings (SSSR count). The lowest BCUT2D eigenvalue weighted by atomic mass is 10.1. The average molecular weight is 333 g/mol. The molecule has 4 nitrogen and oxygen atoms in total. The summed E-state index contributed by atoms with van der Waals surface area (Å²) in [5.41, 5.74) is 0. The number of hydrogen-bond acceptors (Lipinski definition) is 4. The van der Waals surface area contributed by atoms with Crippen molar-refractivity contribution in [2.45, 2.75) is 31.8 Å². The van der Waals surface area contributed by atoms with Crippen molar-refractivity contribution in [3.63, 3.8) is 0 Å². The predicted molar refractivity (Wildman–Crippen MR) is 71.4 cm³/mol. The highest BCUT2D eigenvalue weighted by molar-refractivity contribution is 14.1. The number of rotatable bonds is 4. The second kappa shape index (κ2) is 6.34. The molecule has 2 heterocycles. The third-order valence-electron chi connectivity index (χ3n) is 2.70. The molecule has 1 aliphatic heterocycles. The number of hydrogen-bond donors (Lipinski definition) is 1. The van der Waals surface area contributed by atoms with E-state index in [9.17, 15) is 0 Å². The molecule has 1 fully saturated rings. The third-order valence-corrected chi connectivity index (χ3v) is 3.49. The van der Waals surface area contributed by atoms with Gasteiger partial charge in [0.05, 0.1) is 9.67 Å². The number of halogens is 1. The van der Waals surface area contributed by atoms with E-state index in [0.29, 0.717) is 6.10 Å². The summed E-state index contributed by atoms with van der Waals surface area (Å²) in [5.74, 6) is 0.923. The van der Waals surface area contributed by atoms with E-state index in [1.807, 2.05) is 6.20 Å². The largest absolute Gasteiger partial charge is 0.378 e. The molecule has 0 amide bonds. The van der Waals surface area contributed by atoms with Crippen LogP contribution < -0.4 is 5.32 Å². The summed E-state index contributed by atoms with van der Waals surface area (Å²) < 4.78 is 6.73. The van der Waals surface area contributed by atoms with Crippen LogP contribution in [-0.2, 0) is 4.74 Å². The Morgan fingerprint density at radius 1 is 1.50 bits per heavy atom. The molecule has 1 aromatic rings. The van der Waals surface area contributed by atoms with E-state index in [1.165, 1.54) is 19.3 Å². The quantitative estimate of drug-likeness (QED) is 0.860. The van der Waals surface area contributed by atoms with Crippen molar-refractivity contribution in [2.75, 3.05) is 18.5 Å². The summed E-state index contributed by atoms with van der Waals surface area (Å²) in [7, 11) is 0. The summed E-state index contributed by atoms with van der Waals surface area (Å²) in [6.45, 7) is 1.84. The smallest absolute Gasteiger partial charge is 0.142 e. The maximum atomic E-state index is 5.67. The van der Waals surface area contributed by atoms with Crippen molar-refractivity contribution < 1.29 is 4.74 Å². The fourth-order valence-electron chi connectivity index (χ4n) is 1.83. The minimum absolute atomic E-state index is 0.431. The van der Waals surface area contributed by atoms with Gasteiger partial charge in [-0.3, -0.25) is 0 Å². The van der Waals surface area contributed by atoms with E-state index in [0.717, 1.165) is 29.0 Å². The molecule has 1 saturated heterocycles. The summed E-state index contributed by atoms with van der Waals surface area (Å²) in [6.07, 6.45) is 8.58. The van der Waals surface area contributed by atoms with Gasteiger partial charge in [-0.2, -0.15) is 0 Å². The van der Waals surface area contributed by atoms with Crippen LogP contribution in [0.5, 0.6) is 0 Å². The van der Waals surface area contributed by atoms with Crippen LogP contribution in [0.1, 0.15) is 25.7 Å². The topological polar surface area (TPSA) is 47.0 Å². The number of anilines is 1. The van der Waals surface area contributed by atoms with Gasteiger partial charge in [-0.1, -0.05) is 0 Å². The molecule has 1 aliphatic rings. The molecule has 0 radical (unpaired) electrons. The van der Waals surface area contributed by atoms with Gasteiger partial charge < -0.3 is 10.1 Å². The fraction of sp³-hybridized carbons (Fsp3) is 0.636. The van der Waals surface area contributed by atoms with Gasteiger partial charge in [0.1, 0.15) is 12.1 Å². The molecule has 0 aromatic carbocycles. The highest BCUT2D eigenvalue weighted by Crippen LogP contribution is 2.16. The minimum atomic E-state index is 0.431. The van der Waals surface area contributed by atoms with E-state index in [1.54, 1.807) is 6.33 Å². The second-order valence-corrected chi connectivity index (χ2v) is 5.09. The maximum Gasteiger partial charge on any atom is 0.142 e. The monoisotopic (exact) mass is 333 g/mol. The van der Waals surface area contributed by atoms with Gasteiger partial charge in [0.25, 0.3) is 0 Å². The zero-order chi connectivity index (χ0) is 11.2. The van der Waals surface area contributed by atoms with Gasteiger partial charge in [0.2, 0.25) is 0 Å². The Labute approximate surface area is 109 Å². The Morgan fingerprint density at radius 3 is 3.19 bits per heavy atom. The molecular formula is C11H16IN3O. The molecule has 1 atom stereocenters. The lowest BCUT2D eigenvalue weighted by Crippen LogP contribution is -2.22. The van der Waals surface area contributed by atoms with Crippen LogP contribution in [0.15, 0.2) is 12.5 Å². The van der Waals surface area contributed by atoms with E-state index in [2.05, 4.69) is 37.9 Å². The molecular weight excluding hydrogens is 317 g/mol. The first-order valence-corrected chi connectivity index (χ1v) is 6.75. The summed E-state index contributed by atoms with van der Waals surface area (Å²) in [5, 5.41) is 3.32. The molecule has 0 saturated carbocycles. The first kappa shape index (κ1) is 12.0. The van der Waals surface area contributed by atoms with Crippen molar-refractivity contribution in [1.82, 2.24) is 9.97 Å². The van der Waals surface area contributed by atoms with Gasteiger partial charge >= 0.3 is 0 Å². The first-order valence-electron chi connectivity index (χ1n) is 5.67. The van der Waals surface area contributed by atoms with Crippen LogP contribution >= 0.6 is 22.6 Å². The molecule has 1 aromatic heterocycles. The van der Waals surface area contributed by atoms with Crippen LogP contribution in [0.25, 0.3) is 0 Å². The zero-order valence-electron chi connectivity index (χ0n) is 9.16. The van der Waals surface area contributed by atoms with Crippen LogP contribution in [0.2, 0.25) is 0 Å². The van der Waals surface area contributed by atoms with Crippen LogP contribution in [0, 0.1) is 3.57 Å². The molecule has 0 spiro atoms. The third kappa shape index (κ3) is 3.55. The SMILES string of the molecule is Ic1cncnc1NCCC1CCCCO1. The van der Waals surface area contributed by atoms with E-state index >= 15 is 0 Å². The van der Waals surface area contributed by atoms with Crippen molar-refractivity contribution >= 4 is 28.4 Å². The number of aromatic nitrogens is 2.